The molecule has 20 heavy (non-hydrogen) atoms. The normalized spacial score (nSPS) is 12.7. The molecule has 0 saturated heterocycles. The second-order valence-electron chi connectivity index (χ2n) is 4.43. The summed E-state index contributed by atoms with van der Waals surface area (Å²) in [6.07, 6.45) is 3.83. The van der Waals surface area contributed by atoms with E-state index in [4.69, 9.17) is 0 Å². The zero-order valence-corrected chi connectivity index (χ0v) is 14.1. The van der Waals surface area contributed by atoms with E-state index in [0.717, 1.165) is 12.4 Å². The molecule has 0 aliphatic heterocycles. The number of thiophene rings is 2. The fourth-order valence-corrected chi connectivity index (χ4v) is 4.31. The third kappa shape index (κ3) is 3.03. The summed E-state index contributed by atoms with van der Waals surface area (Å²) in [4.78, 5) is 7.09. The van der Waals surface area contributed by atoms with Gasteiger partial charge in [0, 0.05) is 35.7 Å². The molecule has 3 heterocycles. The lowest BCUT2D eigenvalue weighted by molar-refractivity contribution is 0.568. The van der Waals surface area contributed by atoms with Gasteiger partial charge in [0.1, 0.15) is 11.9 Å². The Kier molecular flexibility index (Phi) is 4.35. The van der Waals surface area contributed by atoms with Gasteiger partial charge < -0.3 is 4.57 Å². The van der Waals surface area contributed by atoms with Crippen molar-refractivity contribution in [1.29, 1.82) is 0 Å². The van der Waals surface area contributed by atoms with Gasteiger partial charge in [0.05, 0.1) is 3.79 Å². The lowest BCUT2D eigenvalue weighted by Crippen LogP contribution is -2.23. The summed E-state index contributed by atoms with van der Waals surface area (Å²) in [7, 11) is 2.03. The first kappa shape index (κ1) is 14.0. The quantitative estimate of drug-likeness (QED) is 0.732. The van der Waals surface area contributed by atoms with Crippen LogP contribution in [0.4, 0.5) is 0 Å². The van der Waals surface area contributed by atoms with Crippen LogP contribution >= 0.6 is 38.6 Å². The Morgan fingerprint density at radius 3 is 2.90 bits per heavy atom. The van der Waals surface area contributed by atoms with Crippen molar-refractivity contribution in [2.75, 3.05) is 0 Å². The van der Waals surface area contributed by atoms with Crippen LogP contribution in [0.15, 0.2) is 45.8 Å². The van der Waals surface area contributed by atoms with Crippen LogP contribution in [-0.2, 0) is 13.6 Å². The molecule has 3 rings (SSSR count). The van der Waals surface area contributed by atoms with E-state index >= 15 is 0 Å². The average molecular weight is 368 g/mol. The van der Waals surface area contributed by atoms with Crippen LogP contribution in [0.2, 0.25) is 0 Å². The summed E-state index contributed by atoms with van der Waals surface area (Å²) in [5, 5.41) is 5.72. The van der Waals surface area contributed by atoms with Crippen molar-refractivity contribution in [3.63, 3.8) is 0 Å². The summed E-state index contributed by atoms with van der Waals surface area (Å²) < 4.78 is 3.24. The monoisotopic (exact) mass is 367 g/mol. The molecule has 3 nitrogen and oxygen atoms in total. The number of aromatic nitrogens is 2. The van der Waals surface area contributed by atoms with Gasteiger partial charge in [-0.3, -0.25) is 5.32 Å². The highest BCUT2D eigenvalue weighted by Crippen LogP contribution is 2.27. The topological polar surface area (TPSA) is 29.9 Å². The van der Waals surface area contributed by atoms with Crippen LogP contribution in [-0.4, -0.2) is 9.55 Å². The number of hydrogen-bond donors (Lipinski definition) is 1. The minimum Gasteiger partial charge on any atom is -0.336 e. The molecular weight excluding hydrogens is 354 g/mol. The number of aryl methyl sites for hydroxylation is 1. The number of imidazole rings is 1. The molecular formula is C14H14BrN3S2. The van der Waals surface area contributed by atoms with E-state index in [1.165, 1.54) is 13.5 Å². The summed E-state index contributed by atoms with van der Waals surface area (Å²) in [6.45, 7) is 0.839. The molecule has 0 saturated carbocycles. The van der Waals surface area contributed by atoms with Crippen molar-refractivity contribution >= 4 is 38.6 Å². The van der Waals surface area contributed by atoms with Crippen LogP contribution in [0.1, 0.15) is 21.6 Å². The highest BCUT2D eigenvalue weighted by atomic mass is 79.9. The predicted molar refractivity (Wildman–Crippen MR) is 88.2 cm³/mol. The van der Waals surface area contributed by atoms with Crippen molar-refractivity contribution in [2.45, 2.75) is 12.6 Å². The number of halogens is 1. The summed E-state index contributed by atoms with van der Waals surface area (Å²) >= 11 is 7.02. The van der Waals surface area contributed by atoms with E-state index in [1.54, 1.807) is 22.7 Å². The second kappa shape index (κ2) is 6.22. The maximum Gasteiger partial charge on any atom is 0.131 e. The second-order valence-corrected chi connectivity index (χ2v) is 7.96. The SMILES string of the molecule is Cn1ccnc1C(NCc1ccc(Br)s1)c1cccs1. The zero-order valence-electron chi connectivity index (χ0n) is 10.9. The summed E-state index contributed by atoms with van der Waals surface area (Å²) in [5.74, 6) is 1.04. The molecule has 0 aromatic carbocycles. The molecule has 1 N–H and O–H groups in total. The third-order valence-electron chi connectivity index (χ3n) is 3.05. The van der Waals surface area contributed by atoms with E-state index in [1.807, 2.05) is 19.4 Å². The van der Waals surface area contributed by atoms with Crippen molar-refractivity contribution in [3.8, 4) is 0 Å². The van der Waals surface area contributed by atoms with Gasteiger partial charge in [0.15, 0.2) is 0 Å². The first-order valence-corrected chi connectivity index (χ1v) is 8.71. The molecule has 0 radical (unpaired) electrons. The van der Waals surface area contributed by atoms with Crippen LogP contribution in [0.25, 0.3) is 0 Å². The van der Waals surface area contributed by atoms with Crippen molar-refractivity contribution in [3.05, 3.63) is 61.4 Å². The minimum absolute atomic E-state index is 0.135. The van der Waals surface area contributed by atoms with E-state index in [-0.39, 0.29) is 6.04 Å². The lowest BCUT2D eigenvalue weighted by atomic mass is 10.2. The van der Waals surface area contributed by atoms with Gasteiger partial charge in [-0.2, -0.15) is 0 Å². The van der Waals surface area contributed by atoms with Gasteiger partial charge >= 0.3 is 0 Å². The fourth-order valence-electron chi connectivity index (χ4n) is 2.08. The Morgan fingerprint density at radius 2 is 2.30 bits per heavy atom. The van der Waals surface area contributed by atoms with E-state index in [2.05, 4.69) is 60.4 Å². The summed E-state index contributed by atoms with van der Waals surface area (Å²) in [5.41, 5.74) is 0. The molecule has 6 heteroatoms. The molecule has 0 spiro atoms. The minimum atomic E-state index is 0.135. The zero-order chi connectivity index (χ0) is 13.9. The van der Waals surface area contributed by atoms with Gasteiger partial charge in [0.25, 0.3) is 0 Å². The highest BCUT2D eigenvalue weighted by molar-refractivity contribution is 9.11. The molecule has 3 aromatic heterocycles. The number of nitrogens with zero attached hydrogens (tertiary/aromatic N) is 2. The maximum atomic E-state index is 4.49. The summed E-state index contributed by atoms with van der Waals surface area (Å²) in [6, 6.07) is 8.60. The van der Waals surface area contributed by atoms with Gasteiger partial charge in [-0.25, -0.2) is 4.98 Å². The molecule has 0 fully saturated rings. The lowest BCUT2D eigenvalue weighted by Gasteiger charge is -2.17. The molecule has 1 atom stereocenters. The molecule has 0 aliphatic carbocycles. The molecule has 1 unspecified atom stereocenters. The number of nitrogens with one attached hydrogen (secondary N) is 1. The fraction of sp³-hybridized carbons (Fsp3) is 0.214. The molecule has 104 valence electrons. The highest BCUT2D eigenvalue weighted by Gasteiger charge is 2.18. The standard InChI is InChI=1S/C14H14BrN3S2/c1-18-7-6-16-14(18)13(11-3-2-8-19-11)17-9-10-4-5-12(15)20-10/h2-8,13,17H,9H2,1H3. The van der Waals surface area contributed by atoms with Gasteiger partial charge in [-0.05, 0) is 39.5 Å². The predicted octanol–water partition coefficient (Wildman–Crippen LogP) is 4.18. The molecule has 3 aromatic rings. The largest absolute Gasteiger partial charge is 0.336 e. The Morgan fingerprint density at radius 1 is 1.40 bits per heavy atom. The van der Waals surface area contributed by atoms with Crippen LogP contribution in [0.5, 0.6) is 0 Å². The number of hydrogen-bond acceptors (Lipinski definition) is 4. The van der Waals surface area contributed by atoms with Crippen molar-refractivity contribution in [1.82, 2.24) is 14.9 Å². The number of rotatable bonds is 5. The smallest absolute Gasteiger partial charge is 0.131 e. The van der Waals surface area contributed by atoms with Gasteiger partial charge in [-0.15, -0.1) is 22.7 Å². The third-order valence-corrected chi connectivity index (χ3v) is 5.61. The van der Waals surface area contributed by atoms with E-state index in [0.29, 0.717) is 0 Å². The average Bonchev–Trinajstić information content (AvgIpc) is 3.14. The van der Waals surface area contributed by atoms with Crippen LogP contribution in [0.3, 0.4) is 0 Å². The Labute approximate surface area is 134 Å². The molecule has 0 bridgehead atoms. The molecule has 0 aliphatic rings. The van der Waals surface area contributed by atoms with Crippen molar-refractivity contribution < 1.29 is 0 Å². The van der Waals surface area contributed by atoms with Gasteiger partial charge in [0.2, 0.25) is 0 Å². The Balaban J connectivity index is 1.81. The van der Waals surface area contributed by atoms with E-state index < -0.39 is 0 Å². The first-order chi connectivity index (χ1) is 9.74. The van der Waals surface area contributed by atoms with Crippen LogP contribution in [0, 0.1) is 0 Å². The Bertz CT molecular complexity index is 672. The molecule has 0 amide bonds. The van der Waals surface area contributed by atoms with Crippen molar-refractivity contribution in [2.24, 2.45) is 7.05 Å². The van der Waals surface area contributed by atoms with Gasteiger partial charge in [-0.1, -0.05) is 6.07 Å². The van der Waals surface area contributed by atoms with E-state index in [9.17, 15) is 0 Å². The van der Waals surface area contributed by atoms with Crippen LogP contribution < -0.4 is 5.32 Å². The first-order valence-electron chi connectivity index (χ1n) is 6.22. The Hall–Kier alpha value is -0.950. The maximum absolute atomic E-state index is 4.49.